The molecule has 1 amide bonds. The summed E-state index contributed by atoms with van der Waals surface area (Å²) in [5.74, 6) is 0.529. The molecule has 1 unspecified atom stereocenters. The molecular formula is C14H20ClNO. The molecule has 0 heterocycles. The Labute approximate surface area is 108 Å². The number of halogens is 1. The Kier molecular flexibility index (Phi) is 5.01. The van der Waals surface area contributed by atoms with Gasteiger partial charge >= 0.3 is 0 Å². The number of nitrogens with one attached hydrogen (secondary N) is 1. The lowest BCUT2D eigenvalue weighted by Gasteiger charge is -2.29. The van der Waals surface area contributed by atoms with E-state index in [9.17, 15) is 4.79 Å². The lowest BCUT2D eigenvalue weighted by atomic mass is 9.95. The van der Waals surface area contributed by atoms with Crippen LogP contribution < -0.4 is 5.32 Å². The number of alkyl halides is 1. The fraction of sp³-hybridized carbons (Fsp3) is 0.500. The van der Waals surface area contributed by atoms with Gasteiger partial charge in [-0.15, -0.1) is 11.6 Å². The number of hydrogen-bond donors (Lipinski definition) is 1. The molecule has 0 saturated carbocycles. The molecule has 1 rings (SSSR count). The third-order valence-electron chi connectivity index (χ3n) is 3.12. The van der Waals surface area contributed by atoms with Crippen molar-refractivity contribution in [3.8, 4) is 0 Å². The Bertz CT molecular complexity index is 392. The van der Waals surface area contributed by atoms with Crippen LogP contribution in [-0.4, -0.2) is 17.3 Å². The third kappa shape index (κ3) is 4.04. The fourth-order valence-corrected chi connectivity index (χ4v) is 2.09. The highest BCUT2D eigenvalue weighted by atomic mass is 35.5. The smallest absolute Gasteiger partial charge is 0.251 e. The molecule has 0 aromatic heterocycles. The second kappa shape index (κ2) is 6.06. The van der Waals surface area contributed by atoms with Crippen LogP contribution in [0.5, 0.6) is 0 Å². The largest absolute Gasteiger partial charge is 0.347 e. The lowest BCUT2D eigenvalue weighted by molar-refractivity contribution is 0.0901. The predicted molar refractivity (Wildman–Crippen MR) is 72.7 cm³/mol. The van der Waals surface area contributed by atoms with Gasteiger partial charge in [0.2, 0.25) is 0 Å². The number of benzene rings is 1. The molecule has 0 saturated heterocycles. The van der Waals surface area contributed by atoms with Crippen molar-refractivity contribution >= 4 is 17.5 Å². The molecule has 0 aliphatic heterocycles. The van der Waals surface area contributed by atoms with E-state index in [1.54, 1.807) is 0 Å². The van der Waals surface area contributed by atoms with Crippen molar-refractivity contribution in [1.82, 2.24) is 5.32 Å². The number of carbonyl (C=O) groups is 1. The number of aryl methyl sites for hydroxylation is 1. The van der Waals surface area contributed by atoms with Crippen LogP contribution in [0.4, 0.5) is 0 Å². The molecule has 0 bridgehead atoms. The van der Waals surface area contributed by atoms with Crippen LogP contribution in [0.1, 0.15) is 42.6 Å². The van der Waals surface area contributed by atoms with Crippen molar-refractivity contribution in [1.29, 1.82) is 0 Å². The zero-order chi connectivity index (χ0) is 12.9. The van der Waals surface area contributed by atoms with E-state index >= 15 is 0 Å². The molecule has 94 valence electrons. The summed E-state index contributed by atoms with van der Waals surface area (Å²) in [5, 5.41) is 3.06. The maximum Gasteiger partial charge on any atom is 0.251 e. The van der Waals surface area contributed by atoms with Gasteiger partial charge in [0.1, 0.15) is 0 Å². The predicted octanol–water partition coefficient (Wildman–Crippen LogP) is 3.52. The molecule has 1 aromatic rings. The Morgan fingerprint density at radius 2 is 2.18 bits per heavy atom. The van der Waals surface area contributed by atoms with E-state index < -0.39 is 0 Å². The molecule has 0 fully saturated rings. The first-order valence-electron chi connectivity index (χ1n) is 5.96. The first kappa shape index (κ1) is 14.0. The van der Waals surface area contributed by atoms with Crippen molar-refractivity contribution in [2.75, 3.05) is 5.88 Å². The molecule has 0 radical (unpaired) electrons. The Balaban J connectivity index is 2.77. The maximum atomic E-state index is 12.1. The Morgan fingerprint density at radius 1 is 1.47 bits per heavy atom. The zero-order valence-corrected chi connectivity index (χ0v) is 11.5. The molecule has 17 heavy (non-hydrogen) atoms. The minimum absolute atomic E-state index is 0.0248. The highest BCUT2D eigenvalue weighted by Crippen LogP contribution is 2.16. The van der Waals surface area contributed by atoms with Crippen molar-refractivity contribution in [3.05, 3.63) is 35.4 Å². The summed E-state index contributed by atoms with van der Waals surface area (Å²) >= 11 is 5.77. The summed E-state index contributed by atoms with van der Waals surface area (Å²) in [6, 6.07) is 7.61. The highest BCUT2D eigenvalue weighted by molar-refractivity contribution is 6.17. The van der Waals surface area contributed by atoms with Gasteiger partial charge in [0.15, 0.2) is 0 Å². The number of hydrogen-bond acceptors (Lipinski definition) is 1. The second-order valence-corrected chi connectivity index (χ2v) is 5.05. The quantitative estimate of drug-likeness (QED) is 0.800. The van der Waals surface area contributed by atoms with Gasteiger partial charge in [0, 0.05) is 17.0 Å². The van der Waals surface area contributed by atoms with Gasteiger partial charge in [0.25, 0.3) is 5.91 Å². The molecule has 1 N–H and O–H groups in total. The van der Waals surface area contributed by atoms with E-state index in [4.69, 9.17) is 11.6 Å². The number of amides is 1. The van der Waals surface area contributed by atoms with Gasteiger partial charge in [-0.05, 0) is 38.8 Å². The monoisotopic (exact) mass is 253 g/mol. The maximum absolute atomic E-state index is 12.1. The van der Waals surface area contributed by atoms with E-state index in [-0.39, 0.29) is 11.4 Å². The van der Waals surface area contributed by atoms with Crippen molar-refractivity contribution in [3.63, 3.8) is 0 Å². The van der Waals surface area contributed by atoms with Crippen LogP contribution in [0.25, 0.3) is 0 Å². The molecule has 0 aliphatic carbocycles. The SMILES string of the molecule is CCC(C)(CCCl)NC(=O)c1cccc(C)c1. The van der Waals surface area contributed by atoms with Gasteiger partial charge in [0.05, 0.1) is 0 Å². The van der Waals surface area contributed by atoms with Gasteiger partial charge < -0.3 is 5.32 Å². The van der Waals surface area contributed by atoms with Crippen LogP contribution in [0.15, 0.2) is 24.3 Å². The van der Waals surface area contributed by atoms with Crippen LogP contribution in [0.2, 0.25) is 0 Å². The van der Waals surface area contributed by atoms with E-state index in [2.05, 4.69) is 12.2 Å². The third-order valence-corrected chi connectivity index (χ3v) is 3.31. The molecule has 3 heteroatoms. The van der Waals surface area contributed by atoms with Crippen molar-refractivity contribution < 1.29 is 4.79 Å². The van der Waals surface area contributed by atoms with E-state index in [0.29, 0.717) is 11.4 Å². The summed E-state index contributed by atoms with van der Waals surface area (Å²) in [5.41, 5.74) is 1.58. The first-order chi connectivity index (χ1) is 8.00. The Hall–Kier alpha value is -1.02. The van der Waals surface area contributed by atoms with E-state index in [1.807, 2.05) is 38.1 Å². The van der Waals surface area contributed by atoms with E-state index in [0.717, 1.165) is 18.4 Å². The molecule has 0 spiro atoms. The normalized spacial score (nSPS) is 14.1. The summed E-state index contributed by atoms with van der Waals surface area (Å²) in [7, 11) is 0. The molecule has 2 nitrogen and oxygen atoms in total. The lowest BCUT2D eigenvalue weighted by Crippen LogP contribution is -2.45. The fourth-order valence-electron chi connectivity index (χ4n) is 1.67. The standard InChI is InChI=1S/C14H20ClNO/c1-4-14(3,8-9-15)16-13(17)12-7-5-6-11(2)10-12/h5-7,10H,4,8-9H2,1-3H3,(H,16,17). The molecule has 1 atom stereocenters. The van der Waals surface area contributed by atoms with Crippen LogP contribution in [0.3, 0.4) is 0 Å². The summed E-state index contributed by atoms with van der Waals surface area (Å²) < 4.78 is 0. The summed E-state index contributed by atoms with van der Waals surface area (Å²) in [6.07, 6.45) is 1.65. The van der Waals surface area contributed by atoms with Crippen molar-refractivity contribution in [2.24, 2.45) is 0 Å². The van der Waals surface area contributed by atoms with E-state index in [1.165, 1.54) is 0 Å². The van der Waals surface area contributed by atoms with Gasteiger partial charge in [-0.3, -0.25) is 4.79 Å². The second-order valence-electron chi connectivity index (χ2n) is 4.68. The summed E-state index contributed by atoms with van der Waals surface area (Å²) in [4.78, 5) is 12.1. The molecule has 1 aromatic carbocycles. The average Bonchev–Trinajstić information content (AvgIpc) is 2.29. The number of carbonyl (C=O) groups excluding carboxylic acids is 1. The van der Waals surface area contributed by atoms with Crippen LogP contribution in [0, 0.1) is 6.92 Å². The van der Waals surface area contributed by atoms with Crippen molar-refractivity contribution in [2.45, 2.75) is 39.2 Å². The topological polar surface area (TPSA) is 29.1 Å². The van der Waals surface area contributed by atoms with Gasteiger partial charge in [-0.25, -0.2) is 0 Å². The first-order valence-corrected chi connectivity index (χ1v) is 6.49. The molecular weight excluding hydrogens is 234 g/mol. The van der Waals surface area contributed by atoms with Gasteiger partial charge in [-0.2, -0.15) is 0 Å². The van der Waals surface area contributed by atoms with Crippen LogP contribution >= 0.6 is 11.6 Å². The molecule has 0 aliphatic rings. The Morgan fingerprint density at radius 3 is 2.71 bits per heavy atom. The van der Waals surface area contributed by atoms with Gasteiger partial charge in [-0.1, -0.05) is 24.6 Å². The minimum Gasteiger partial charge on any atom is -0.347 e. The van der Waals surface area contributed by atoms with Crippen LogP contribution in [-0.2, 0) is 0 Å². The number of rotatable bonds is 5. The highest BCUT2D eigenvalue weighted by Gasteiger charge is 2.23. The average molecular weight is 254 g/mol. The zero-order valence-electron chi connectivity index (χ0n) is 10.7. The minimum atomic E-state index is -0.220. The summed E-state index contributed by atoms with van der Waals surface area (Å²) in [6.45, 7) is 6.07.